The fourth-order valence-corrected chi connectivity index (χ4v) is 3.33. The maximum atomic E-state index is 12.3. The maximum absolute atomic E-state index is 12.3. The summed E-state index contributed by atoms with van der Waals surface area (Å²) < 4.78 is 10.9. The van der Waals surface area contributed by atoms with Crippen LogP contribution in [0.2, 0.25) is 0 Å². The number of carbonyl (C=O) groups is 1. The molecule has 6 nitrogen and oxygen atoms in total. The van der Waals surface area contributed by atoms with Crippen LogP contribution in [0.3, 0.4) is 0 Å². The number of para-hydroxylation sites is 1. The second kappa shape index (κ2) is 6.64. The number of rotatable bonds is 5. The fraction of sp³-hybridized carbons (Fsp3) is 0.438. The molecule has 0 bridgehead atoms. The minimum Gasteiger partial charge on any atom is -0.496 e. The van der Waals surface area contributed by atoms with E-state index >= 15 is 0 Å². The van der Waals surface area contributed by atoms with E-state index in [-0.39, 0.29) is 5.91 Å². The van der Waals surface area contributed by atoms with Gasteiger partial charge in [0.15, 0.2) is 0 Å². The zero-order chi connectivity index (χ0) is 16.3. The van der Waals surface area contributed by atoms with E-state index in [1.807, 2.05) is 31.2 Å². The number of amides is 1. The Morgan fingerprint density at radius 3 is 3.00 bits per heavy atom. The predicted octanol–water partition coefficient (Wildman–Crippen LogP) is 2.65. The number of nitrogens with one attached hydrogen (secondary N) is 1. The SMILES string of the molecule is COc1ccccc1Cc1nnc(NC(=O)[C@]2(C)CCCO2)s1. The zero-order valence-corrected chi connectivity index (χ0v) is 14.0. The van der Waals surface area contributed by atoms with Crippen molar-refractivity contribution in [2.45, 2.75) is 31.8 Å². The van der Waals surface area contributed by atoms with Crippen LogP contribution in [0.5, 0.6) is 5.75 Å². The maximum Gasteiger partial charge on any atom is 0.258 e. The molecule has 1 saturated heterocycles. The molecule has 0 spiro atoms. The summed E-state index contributed by atoms with van der Waals surface area (Å²) in [6.45, 7) is 2.44. The van der Waals surface area contributed by atoms with Gasteiger partial charge >= 0.3 is 0 Å². The molecule has 2 aromatic rings. The van der Waals surface area contributed by atoms with Crippen molar-refractivity contribution in [1.82, 2.24) is 10.2 Å². The first kappa shape index (κ1) is 15.9. The first-order valence-corrected chi connectivity index (χ1v) is 8.32. The second-order valence-corrected chi connectivity index (χ2v) is 6.69. The van der Waals surface area contributed by atoms with E-state index in [2.05, 4.69) is 15.5 Å². The van der Waals surface area contributed by atoms with Gasteiger partial charge in [-0.15, -0.1) is 10.2 Å². The van der Waals surface area contributed by atoms with Crippen LogP contribution in [0.1, 0.15) is 30.3 Å². The molecule has 0 unspecified atom stereocenters. The summed E-state index contributed by atoms with van der Waals surface area (Å²) in [5.74, 6) is 0.662. The summed E-state index contributed by atoms with van der Waals surface area (Å²) in [6, 6.07) is 7.79. The molecular formula is C16H19N3O3S. The van der Waals surface area contributed by atoms with Crippen molar-refractivity contribution < 1.29 is 14.3 Å². The van der Waals surface area contributed by atoms with E-state index in [4.69, 9.17) is 9.47 Å². The van der Waals surface area contributed by atoms with Crippen molar-refractivity contribution in [3.63, 3.8) is 0 Å². The monoisotopic (exact) mass is 333 g/mol. The molecule has 3 rings (SSSR count). The van der Waals surface area contributed by atoms with Crippen molar-refractivity contribution in [3.8, 4) is 5.75 Å². The minimum atomic E-state index is -0.755. The first-order chi connectivity index (χ1) is 11.1. The average molecular weight is 333 g/mol. The smallest absolute Gasteiger partial charge is 0.258 e. The van der Waals surface area contributed by atoms with Gasteiger partial charge in [0.05, 0.1) is 7.11 Å². The summed E-state index contributed by atoms with van der Waals surface area (Å²) >= 11 is 1.37. The summed E-state index contributed by atoms with van der Waals surface area (Å²) in [7, 11) is 1.65. The summed E-state index contributed by atoms with van der Waals surface area (Å²) in [5, 5.41) is 12.3. The van der Waals surface area contributed by atoms with Crippen molar-refractivity contribution in [3.05, 3.63) is 34.8 Å². The largest absolute Gasteiger partial charge is 0.496 e. The van der Waals surface area contributed by atoms with Gasteiger partial charge in [-0.05, 0) is 25.8 Å². The van der Waals surface area contributed by atoms with Crippen molar-refractivity contribution in [2.24, 2.45) is 0 Å². The zero-order valence-electron chi connectivity index (χ0n) is 13.2. The molecule has 0 saturated carbocycles. The summed E-state index contributed by atoms with van der Waals surface area (Å²) in [5.41, 5.74) is 0.282. The van der Waals surface area contributed by atoms with Crippen molar-refractivity contribution >= 4 is 22.4 Å². The van der Waals surface area contributed by atoms with Gasteiger partial charge < -0.3 is 9.47 Å². The number of methoxy groups -OCH3 is 1. The molecule has 0 radical (unpaired) electrons. The van der Waals surface area contributed by atoms with Gasteiger partial charge in [0.25, 0.3) is 5.91 Å². The van der Waals surface area contributed by atoms with E-state index in [0.717, 1.165) is 29.2 Å². The fourth-order valence-electron chi connectivity index (χ4n) is 2.57. The third-order valence-electron chi connectivity index (χ3n) is 3.92. The molecule has 1 atom stereocenters. The Morgan fingerprint density at radius 2 is 2.26 bits per heavy atom. The second-order valence-electron chi connectivity index (χ2n) is 5.63. The summed E-state index contributed by atoms with van der Waals surface area (Å²) in [4.78, 5) is 12.3. The number of nitrogens with zero attached hydrogens (tertiary/aromatic N) is 2. The Kier molecular flexibility index (Phi) is 4.58. The van der Waals surface area contributed by atoms with Gasteiger partial charge in [-0.2, -0.15) is 0 Å². The Bertz CT molecular complexity index is 695. The van der Waals surface area contributed by atoms with Gasteiger partial charge in [0.1, 0.15) is 16.4 Å². The van der Waals surface area contributed by atoms with Crippen molar-refractivity contribution in [2.75, 3.05) is 19.0 Å². The van der Waals surface area contributed by atoms with E-state index < -0.39 is 5.60 Å². The van der Waals surface area contributed by atoms with Gasteiger partial charge in [-0.3, -0.25) is 10.1 Å². The van der Waals surface area contributed by atoms with E-state index in [9.17, 15) is 4.79 Å². The van der Waals surface area contributed by atoms with Crippen LogP contribution in [-0.2, 0) is 16.0 Å². The molecule has 1 aliphatic rings. The van der Waals surface area contributed by atoms with Crippen LogP contribution in [-0.4, -0.2) is 35.4 Å². The molecule has 23 heavy (non-hydrogen) atoms. The number of ether oxygens (including phenoxy) is 2. The normalized spacial score (nSPS) is 20.4. The molecular weight excluding hydrogens is 314 g/mol. The third kappa shape index (κ3) is 3.51. The van der Waals surface area contributed by atoms with Gasteiger partial charge in [0, 0.05) is 18.6 Å². The molecule has 1 fully saturated rings. The number of aromatic nitrogens is 2. The molecule has 1 aromatic carbocycles. The first-order valence-electron chi connectivity index (χ1n) is 7.50. The standard InChI is InChI=1S/C16H19N3O3S/c1-16(8-5-9-22-16)14(20)17-15-19-18-13(23-15)10-11-6-3-4-7-12(11)21-2/h3-4,6-7H,5,8-10H2,1-2H3,(H,17,19,20)/t16-/m0/s1. The number of carbonyl (C=O) groups excluding carboxylic acids is 1. The van der Waals surface area contributed by atoms with E-state index in [1.54, 1.807) is 7.11 Å². The molecule has 2 heterocycles. The lowest BCUT2D eigenvalue weighted by molar-refractivity contribution is -0.133. The highest BCUT2D eigenvalue weighted by Crippen LogP contribution is 2.28. The van der Waals surface area contributed by atoms with Crippen LogP contribution in [0.15, 0.2) is 24.3 Å². The predicted molar refractivity (Wildman–Crippen MR) is 87.9 cm³/mol. The van der Waals surface area contributed by atoms with Gasteiger partial charge in [-0.25, -0.2) is 0 Å². The van der Waals surface area contributed by atoms with Crippen LogP contribution in [0, 0.1) is 0 Å². The number of hydrogen-bond donors (Lipinski definition) is 1. The third-order valence-corrected chi connectivity index (χ3v) is 4.76. The van der Waals surface area contributed by atoms with Crippen LogP contribution < -0.4 is 10.1 Å². The van der Waals surface area contributed by atoms with Gasteiger partial charge in [0.2, 0.25) is 5.13 Å². The average Bonchev–Trinajstić information content (AvgIpc) is 3.18. The van der Waals surface area contributed by atoms with Crippen LogP contribution in [0.25, 0.3) is 0 Å². The molecule has 1 amide bonds. The number of hydrogen-bond acceptors (Lipinski definition) is 6. The Balaban J connectivity index is 1.67. The molecule has 1 N–H and O–H groups in total. The number of anilines is 1. The van der Waals surface area contributed by atoms with Crippen LogP contribution in [0.4, 0.5) is 5.13 Å². The summed E-state index contributed by atoms with van der Waals surface area (Å²) in [6.07, 6.45) is 2.25. The lowest BCUT2D eigenvalue weighted by Crippen LogP contribution is -2.39. The minimum absolute atomic E-state index is 0.157. The molecule has 1 aliphatic heterocycles. The Labute approximate surface area is 138 Å². The quantitative estimate of drug-likeness (QED) is 0.910. The van der Waals surface area contributed by atoms with E-state index in [0.29, 0.717) is 18.2 Å². The molecule has 122 valence electrons. The Morgan fingerprint density at radius 1 is 1.43 bits per heavy atom. The molecule has 0 aliphatic carbocycles. The Hall–Kier alpha value is -1.99. The highest BCUT2D eigenvalue weighted by molar-refractivity contribution is 7.15. The molecule has 7 heteroatoms. The van der Waals surface area contributed by atoms with Gasteiger partial charge in [-0.1, -0.05) is 29.5 Å². The number of benzene rings is 1. The van der Waals surface area contributed by atoms with Crippen molar-refractivity contribution in [1.29, 1.82) is 0 Å². The lowest BCUT2D eigenvalue weighted by atomic mass is 10.0. The highest BCUT2D eigenvalue weighted by atomic mass is 32.1. The topological polar surface area (TPSA) is 73.3 Å². The van der Waals surface area contributed by atoms with Crippen LogP contribution >= 0.6 is 11.3 Å². The van der Waals surface area contributed by atoms with E-state index in [1.165, 1.54) is 11.3 Å². The molecule has 1 aromatic heterocycles. The highest BCUT2D eigenvalue weighted by Gasteiger charge is 2.38. The lowest BCUT2D eigenvalue weighted by Gasteiger charge is -2.20.